The van der Waals surface area contributed by atoms with Crippen molar-refractivity contribution in [3.63, 3.8) is 0 Å². The lowest BCUT2D eigenvalue weighted by atomic mass is 9.45. The van der Waals surface area contributed by atoms with Gasteiger partial charge in [-0.2, -0.15) is 0 Å². The van der Waals surface area contributed by atoms with E-state index in [1.807, 2.05) is 0 Å². The average molecular weight is 535 g/mol. The Hall–Kier alpha value is -4.21. The molecule has 2 aliphatic heterocycles. The molecule has 0 N–H and O–H groups in total. The molecular weight excluding hydrogens is 510 g/mol. The highest BCUT2D eigenvalue weighted by Crippen LogP contribution is 2.69. The van der Waals surface area contributed by atoms with Gasteiger partial charge in [0.15, 0.2) is 0 Å². The summed E-state index contributed by atoms with van der Waals surface area (Å²) in [5.74, 6) is -10.6. The van der Waals surface area contributed by atoms with Gasteiger partial charge in [0.05, 0.1) is 40.5 Å². The Balaban J connectivity index is 1.56. The summed E-state index contributed by atoms with van der Waals surface area (Å²) in [4.78, 5) is 69.8. The Labute approximate surface area is 222 Å². The molecule has 5 aliphatic rings. The van der Waals surface area contributed by atoms with E-state index in [0.29, 0.717) is 5.57 Å². The summed E-state index contributed by atoms with van der Waals surface area (Å²) in [7, 11) is 0. The maximum absolute atomic E-state index is 14.8. The van der Waals surface area contributed by atoms with E-state index < -0.39 is 76.2 Å². The molecule has 2 bridgehead atoms. The molecule has 3 aliphatic carbocycles. The minimum Gasteiger partial charge on any atom is -0.430 e. The van der Waals surface area contributed by atoms with Gasteiger partial charge in [0.1, 0.15) is 17.4 Å². The molecule has 0 unspecified atom stereocenters. The second-order valence-corrected chi connectivity index (χ2v) is 10.6. The smallest absolute Gasteiger partial charge is 0.310 e. The molecule has 4 amide bonds. The third-order valence-corrected chi connectivity index (χ3v) is 8.81. The van der Waals surface area contributed by atoms with Crippen molar-refractivity contribution in [2.45, 2.75) is 27.2 Å². The maximum atomic E-state index is 14.8. The van der Waals surface area contributed by atoms with Gasteiger partial charge in [-0.25, -0.2) is 18.6 Å². The Kier molecular flexibility index (Phi) is 5.40. The molecule has 1 saturated carbocycles. The molecule has 2 saturated heterocycles. The van der Waals surface area contributed by atoms with Gasteiger partial charge in [0.2, 0.25) is 23.6 Å². The zero-order chi connectivity index (χ0) is 28.0. The van der Waals surface area contributed by atoms with E-state index in [-0.39, 0.29) is 23.6 Å². The number of ether oxygens (including phenoxy) is 1. The minimum absolute atomic E-state index is 0.00216. The minimum atomic E-state index is -1.61. The highest BCUT2D eigenvalue weighted by Gasteiger charge is 2.77. The highest BCUT2D eigenvalue weighted by atomic mass is 19.1. The Morgan fingerprint density at radius 3 is 1.64 bits per heavy atom. The SMILES string of the molecule is CCC(=O)OC1=C(C)C2[C@@H]3C(=O)N(c4ccccc4F)C(=O)[C@@H]3C1(C)[C@H]1C(=O)N(c3ccccc3F)C(=O)[C@@H]21. The molecule has 2 aromatic carbocycles. The van der Waals surface area contributed by atoms with Crippen LogP contribution in [0.1, 0.15) is 27.2 Å². The van der Waals surface area contributed by atoms with Crippen molar-refractivity contribution in [1.82, 2.24) is 0 Å². The predicted octanol–water partition coefficient (Wildman–Crippen LogP) is 3.75. The summed E-state index contributed by atoms with van der Waals surface area (Å²) in [6, 6.07) is 10.7. The van der Waals surface area contributed by atoms with Crippen LogP contribution < -0.4 is 9.80 Å². The predicted molar refractivity (Wildman–Crippen MR) is 132 cm³/mol. The Morgan fingerprint density at radius 1 is 0.795 bits per heavy atom. The third-order valence-electron chi connectivity index (χ3n) is 8.81. The first-order valence-electron chi connectivity index (χ1n) is 12.7. The van der Waals surface area contributed by atoms with E-state index in [2.05, 4.69) is 0 Å². The zero-order valence-electron chi connectivity index (χ0n) is 21.3. The Morgan fingerprint density at radius 2 is 1.23 bits per heavy atom. The highest BCUT2D eigenvalue weighted by molar-refractivity contribution is 6.27. The van der Waals surface area contributed by atoms with Crippen molar-refractivity contribution < 1.29 is 37.5 Å². The van der Waals surface area contributed by atoms with Gasteiger partial charge in [-0.05, 0) is 36.8 Å². The molecule has 7 rings (SSSR count). The molecule has 4 atom stereocenters. The number of carbonyl (C=O) groups is 5. The number of allylic oxidation sites excluding steroid dienone is 2. The fourth-order valence-corrected chi connectivity index (χ4v) is 7.30. The van der Waals surface area contributed by atoms with Crippen molar-refractivity contribution >= 4 is 41.0 Å². The number of carbonyl (C=O) groups excluding carboxylic acids is 5. The zero-order valence-corrected chi connectivity index (χ0v) is 21.3. The van der Waals surface area contributed by atoms with Crippen molar-refractivity contribution in [2.24, 2.45) is 35.0 Å². The summed E-state index contributed by atoms with van der Waals surface area (Å²) in [6.07, 6.45) is 0.00216. The van der Waals surface area contributed by atoms with Crippen LogP contribution in [-0.2, 0) is 28.7 Å². The van der Waals surface area contributed by atoms with Crippen LogP contribution in [0, 0.1) is 46.6 Å². The summed E-state index contributed by atoms with van der Waals surface area (Å²) >= 11 is 0. The quantitative estimate of drug-likeness (QED) is 0.438. The van der Waals surface area contributed by atoms with Crippen molar-refractivity contribution in [2.75, 3.05) is 9.80 Å². The lowest BCUT2D eigenvalue weighted by Gasteiger charge is -2.55. The van der Waals surface area contributed by atoms with Gasteiger partial charge in [0.25, 0.3) is 0 Å². The van der Waals surface area contributed by atoms with Gasteiger partial charge < -0.3 is 4.74 Å². The molecule has 8 nitrogen and oxygen atoms in total. The van der Waals surface area contributed by atoms with Crippen LogP contribution in [0.4, 0.5) is 20.2 Å². The lowest BCUT2D eigenvalue weighted by Crippen LogP contribution is -2.60. The van der Waals surface area contributed by atoms with Crippen molar-refractivity contribution in [3.05, 3.63) is 71.5 Å². The maximum Gasteiger partial charge on any atom is 0.310 e. The van der Waals surface area contributed by atoms with E-state index in [1.165, 1.54) is 43.3 Å². The molecular formula is C29H24F2N2O6. The number of rotatable bonds is 4. The summed E-state index contributed by atoms with van der Waals surface area (Å²) in [5.41, 5.74) is -1.68. The van der Waals surface area contributed by atoms with Gasteiger partial charge in [-0.3, -0.25) is 24.0 Å². The second-order valence-electron chi connectivity index (χ2n) is 10.6. The molecule has 0 radical (unpaired) electrons. The summed E-state index contributed by atoms with van der Waals surface area (Å²) < 4.78 is 35.3. The first-order valence-corrected chi connectivity index (χ1v) is 12.7. The van der Waals surface area contributed by atoms with E-state index >= 15 is 0 Å². The number of esters is 1. The standard InChI is InChI=1S/C29H24F2N2O6/c1-4-18(34)39-24-13(2)19-20-22(27(37)32(25(20)35)16-11-7-5-9-14(16)30)29(24,3)23-21(19)26(36)33(28(23)38)17-12-8-6-10-15(17)31/h5-12,19-23H,4H2,1-3H3/t19?,20-,21-,22+,23+,29?/m0/s1. The molecule has 2 heterocycles. The van der Waals surface area contributed by atoms with Crippen LogP contribution in [0.3, 0.4) is 0 Å². The van der Waals surface area contributed by atoms with Crippen LogP contribution in [0.2, 0.25) is 0 Å². The second kappa shape index (κ2) is 8.39. The van der Waals surface area contributed by atoms with Crippen molar-refractivity contribution in [3.8, 4) is 0 Å². The molecule has 3 fully saturated rings. The fourth-order valence-electron chi connectivity index (χ4n) is 7.30. The lowest BCUT2D eigenvalue weighted by molar-refractivity contribution is -0.160. The van der Waals surface area contributed by atoms with E-state index in [0.717, 1.165) is 21.9 Å². The van der Waals surface area contributed by atoms with Gasteiger partial charge in [0, 0.05) is 12.3 Å². The molecule has 0 aromatic heterocycles. The van der Waals surface area contributed by atoms with Gasteiger partial charge >= 0.3 is 5.97 Å². The number of hydrogen-bond donors (Lipinski definition) is 0. The molecule has 0 spiro atoms. The summed E-state index contributed by atoms with van der Waals surface area (Å²) in [5, 5.41) is 0. The number of para-hydroxylation sites is 2. The van der Waals surface area contributed by atoms with Crippen LogP contribution in [0.25, 0.3) is 0 Å². The average Bonchev–Trinajstić information content (AvgIpc) is 3.33. The van der Waals surface area contributed by atoms with Crippen molar-refractivity contribution in [1.29, 1.82) is 0 Å². The number of benzene rings is 2. The number of anilines is 2. The van der Waals surface area contributed by atoms with E-state index in [1.54, 1.807) is 13.8 Å². The molecule has 39 heavy (non-hydrogen) atoms. The number of nitrogens with zero attached hydrogens (tertiary/aromatic N) is 2. The summed E-state index contributed by atoms with van der Waals surface area (Å²) in [6.45, 7) is 4.73. The first-order chi connectivity index (χ1) is 18.5. The fraction of sp³-hybridized carbons (Fsp3) is 0.345. The largest absolute Gasteiger partial charge is 0.430 e. The van der Waals surface area contributed by atoms with E-state index in [4.69, 9.17) is 4.74 Å². The third kappa shape index (κ3) is 3.05. The molecule has 10 heteroatoms. The van der Waals surface area contributed by atoms with E-state index in [9.17, 15) is 32.8 Å². The van der Waals surface area contributed by atoms with Crippen LogP contribution in [0.5, 0.6) is 0 Å². The normalized spacial score (nSPS) is 31.3. The first kappa shape index (κ1) is 25.1. The van der Waals surface area contributed by atoms with Gasteiger partial charge in [-0.1, -0.05) is 38.1 Å². The topological polar surface area (TPSA) is 101 Å². The number of amides is 4. The van der Waals surface area contributed by atoms with Crippen LogP contribution in [-0.4, -0.2) is 29.6 Å². The van der Waals surface area contributed by atoms with Crippen LogP contribution in [0.15, 0.2) is 59.9 Å². The number of hydrogen-bond acceptors (Lipinski definition) is 6. The number of halogens is 2. The Bertz CT molecular complexity index is 1440. The molecule has 200 valence electrons. The monoisotopic (exact) mass is 534 g/mol. The van der Waals surface area contributed by atoms with Gasteiger partial charge in [-0.15, -0.1) is 0 Å². The van der Waals surface area contributed by atoms with Crippen LogP contribution >= 0.6 is 0 Å². The molecule has 2 aromatic rings. The number of imide groups is 2.